The minimum atomic E-state index is -4.20. The minimum Gasteiger partial charge on any atom is -0.392 e. The maximum Gasteiger partial charge on any atom is 0.398 e. The molecule has 0 atom stereocenters. The van der Waals surface area contributed by atoms with E-state index < -0.39 is 11.6 Å². The van der Waals surface area contributed by atoms with E-state index in [0.717, 1.165) is 0 Å². The zero-order valence-electron chi connectivity index (χ0n) is 9.22. The van der Waals surface area contributed by atoms with E-state index >= 15 is 0 Å². The molecule has 0 aliphatic heterocycles. The largest absolute Gasteiger partial charge is 0.398 e. The molecule has 0 radical (unpaired) electrons. The molecule has 17 heavy (non-hydrogen) atoms. The Kier molecular flexibility index (Phi) is 2.78. The Morgan fingerprint density at radius 1 is 1.35 bits per heavy atom. The van der Waals surface area contributed by atoms with Crippen LogP contribution in [0.15, 0.2) is 30.8 Å². The third-order valence-electron chi connectivity index (χ3n) is 3.31. The lowest BCUT2D eigenvalue weighted by molar-refractivity contribution is -0.160. The number of hydrogen-bond acceptors (Lipinski definition) is 1. The van der Waals surface area contributed by atoms with Gasteiger partial charge in [-0.15, -0.1) is 0 Å². The number of aliphatic hydroxyl groups excluding tert-OH is 1. The molecule has 0 heterocycles. The van der Waals surface area contributed by atoms with E-state index in [1.807, 2.05) is 0 Å². The van der Waals surface area contributed by atoms with Crippen LogP contribution in [0.4, 0.5) is 13.2 Å². The van der Waals surface area contributed by atoms with Gasteiger partial charge in [-0.3, -0.25) is 0 Å². The molecule has 0 bridgehead atoms. The molecule has 2 rings (SSSR count). The Morgan fingerprint density at radius 2 is 2.00 bits per heavy atom. The molecule has 1 aromatic carbocycles. The third kappa shape index (κ3) is 1.97. The van der Waals surface area contributed by atoms with Crippen molar-refractivity contribution in [1.29, 1.82) is 0 Å². The van der Waals surface area contributed by atoms with Crippen molar-refractivity contribution in [3.05, 3.63) is 42.0 Å². The molecular weight excluding hydrogens is 229 g/mol. The second-order valence-corrected chi connectivity index (χ2v) is 4.42. The van der Waals surface area contributed by atoms with Gasteiger partial charge in [-0.25, -0.2) is 0 Å². The predicted octanol–water partition coefficient (Wildman–Crippen LogP) is 3.29. The lowest BCUT2D eigenvalue weighted by Crippen LogP contribution is -2.28. The van der Waals surface area contributed by atoms with Gasteiger partial charge >= 0.3 is 6.18 Å². The molecule has 4 heteroatoms. The number of halogens is 3. The minimum absolute atomic E-state index is 0.144. The van der Waals surface area contributed by atoms with Gasteiger partial charge in [0.1, 0.15) is 0 Å². The Bertz CT molecular complexity index is 444. The monoisotopic (exact) mass is 242 g/mol. The predicted molar refractivity (Wildman–Crippen MR) is 59.5 cm³/mol. The molecule has 0 spiro atoms. The Hall–Kier alpha value is -1.29. The van der Waals surface area contributed by atoms with Crippen molar-refractivity contribution in [2.75, 3.05) is 6.61 Å². The molecule has 0 saturated heterocycles. The van der Waals surface area contributed by atoms with E-state index in [-0.39, 0.29) is 25.0 Å². The molecule has 0 aromatic heterocycles. The summed E-state index contributed by atoms with van der Waals surface area (Å²) < 4.78 is 38.8. The summed E-state index contributed by atoms with van der Waals surface area (Å²) in [6.07, 6.45) is -3.91. The first-order valence-corrected chi connectivity index (χ1v) is 5.37. The zero-order valence-corrected chi connectivity index (χ0v) is 9.22. The van der Waals surface area contributed by atoms with Crippen molar-refractivity contribution < 1.29 is 18.3 Å². The first-order chi connectivity index (χ1) is 7.90. The van der Waals surface area contributed by atoms with E-state index in [1.165, 1.54) is 12.1 Å². The van der Waals surface area contributed by atoms with Crippen molar-refractivity contribution >= 4 is 5.57 Å². The van der Waals surface area contributed by atoms with Crippen molar-refractivity contribution in [3.63, 3.8) is 0 Å². The summed E-state index contributed by atoms with van der Waals surface area (Å²) in [4.78, 5) is 0. The quantitative estimate of drug-likeness (QED) is 0.862. The van der Waals surface area contributed by atoms with Gasteiger partial charge in [0.25, 0.3) is 0 Å². The second kappa shape index (κ2) is 3.88. The molecule has 1 aliphatic carbocycles. The van der Waals surface area contributed by atoms with E-state index in [1.54, 1.807) is 12.1 Å². The molecule has 1 fully saturated rings. The van der Waals surface area contributed by atoms with E-state index in [9.17, 15) is 13.2 Å². The van der Waals surface area contributed by atoms with Crippen molar-refractivity contribution in [2.45, 2.75) is 24.4 Å². The number of aliphatic hydroxyl groups is 1. The first kappa shape index (κ1) is 12.2. The van der Waals surface area contributed by atoms with Crippen LogP contribution in [0, 0.1) is 0 Å². The number of benzene rings is 1. The van der Waals surface area contributed by atoms with E-state index in [4.69, 9.17) is 5.11 Å². The van der Waals surface area contributed by atoms with Gasteiger partial charge in [-0.2, -0.15) is 13.2 Å². The fraction of sp³-hybridized carbons (Fsp3) is 0.385. The van der Waals surface area contributed by atoms with Crippen molar-refractivity contribution in [2.24, 2.45) is 0 Å². The first-order valence-electron chi connectivity index (χ1n) is 5.37. The molecule has 92 valence electrons. The van der Waals surface area contributed by atoms with Gasteiger partial charge < -0.3 is 5.11 Å². The summed E-state index contributed by atoms with van der Waals surface area (Å²) in [7, 11) is 0. The van der Waals surface area contributed by atoms with Gasteiger partial charge in [-0.05, 0) is 29.5 Å². The fourth-order valence-corrected chi connectivity index (χ4v) is 1.99. The van der Waals surface area contributed by atoms with Crippen LogP contribution in [-0.4, -0.2) is 17.9 Å². The van der Waals surface area contributed by atoms with Gasteiger partial charge in [0, 0.05) is 0 Å². The number of rotatable bonds is 3. The standard InChI is InChI=1S/C13H13F3O/c1-9(8-17)10-3-2-4-11(7-10)12(5-6-12)13(14,15)16/h2-4,7,17H,1,5-6,8H2. The third-order valence-corrected chi connectivity index (χ3v) is 3.31. The molecule has 0 amide bonds. The van der Waals surface area contributed by atoms with Crippen LogP contribution in [-0.2, 0) is 5.41 Å². The topological polar surface area (TPSA) is 20.2 Å². The van der Waals surface area contributed by atoms with E-state index in [2.05, 4.69) is 6.58 Å². The summed E-state index contributed by atoms with van der Waals surface area (Å²) in [5, 5.41) is 8.94. The summed E-state index contributed by atoms with van der Waals surface area (Å²) in [6.45, 7) is 3.37. The average molecular weight is 242 g/mol. The lowest BCUT2D eigenvalue weighted by Gasteiger charge is -2.20. The SMILES string of the molecule is C=C(CO)c1cccc(C2(C(F)(F)F)CC2)c1. The van der Waals surface area contributed by atoms with Gasteiger partial charge in [-0.1, -0.05) is 30.8 Å². The van der Waals surface area contributed by atoms with Crippen LogP contribution in [0.25, 0.3) is 5.57 Å². The highest BCUT2D eigenvalue weighted by Crippen LogP contribution is 2.58. The molecule has 1 aliphatic rings. The molecule has 0 unspecified atom stereocenters. The Balaban J connectivity index is 2.38. The van der Waals surface area contributed by atoms with E-state index in [0.29, 0.717) is 11.1 Å². The van der Waals surface area contributed by atoms with Crippen LogP contribution in [0.2, 0.25) is 0 Å². The fourth-order valence-electron chi connectivity index (χ4n) is 1.99. The van der Waals surface area contributed by atoms with Crippen molar-refractivity contribution in [1.82, 2.24) is 0 Å². The smallest absolute Gasteiger partial charge is 0.392 e. The summed E-state index contributed by atoms with van der Waals surface area (Å²) in [5.41, 5.74) is -0.388. The molecular formula is C13H13F3O. The van der Waals surface area contributed by atoms with Gasteiger partial charge in [0.15, 0.2) is 0 Å². The highest BCUT2D eigenvalue weighted by molar-refractivity contribution is 5.65. The van der Waals surface area contributed by atoms with Gasteiger partial charge in [0.2, 0.25) is 0 Å². The average Bonchev–Trinajstić information content (AvgIpc) is 3.08. The van der Waals surface area contributed by atoms with Crippen LogP contribution in [0.3, 0.4) is 0 Å². The maximum absolute atomic E-state index is 12.9. The van der Waals surface area contributed by atoms with Crippen LogP contribution < -0.4 is 0 Å². The second-order valence-electron chi connectivity index (χ2n) is 4.42. The van der Waals surface area contributed by atoms with Crippen molar-refractivity contribution in [3.8, 4) is 0 Å². The van der Waals surface area contributed by atoms with Crippen LogP contribution >= 0.6 is 0 Å². The maximum atomic E-state index is 12.9. The highest BCUT2D eigenvalue weighted by atomic mass is 19.4. The number of hydrogen-bond donors (Lipinski definition) is 1. The van der Waals surface area contributed by atoms with Crippen LogP contribution in [0.5, 0.6) is 0 Å². The Labute approximate surface area is 97.6 Å². The van der Waals surface area contributed by atoms with Crippen LogP contribution in [0.1, 0.15) is 24.0 Å². The highest BCUT2D eigenvalue weighted by Gasteiger charge is 2.64. The molecule has 1 aromatic rings. The van der Waals surface area contributed by atoms with Gasteiger partial charge in [0.05, 0.1) is 12.0 Å². The Morgan fingerprint density at radius 3 is 2.47 bits per heavy atom. The summed E-state index contributed by atoms with van der Waals surface area (Å²) in [5.74, 6) is 0. The summed E-state index contributed by atoms with van der Waals surface area (Å²) >= 11 is 0. The zero-order chi connectivity index (χ0) is 12.7. The lowest BCUT2D eigenvalue weighted by atomic mass is 9.92. The summed E-state index contributed by atoms with van der Waals surface area (Å²) in [6, 6.07) is 6.22. The molecule has 1 nitrogen and oxygen atoms in total. The molecule has 1 saturated carbocycles. The number of alkyl halides is 3. The normalized spacial score (nSPS) is 17.9. The molecule has 1 N–H and O–H groups in total.